The maximum atomic E-state index is 13.8. The fourth-order valence-electron chi connectivity index (χ4n) is 1.88. The summed E-state index contributed by atoms with van der Waals surface area (Å²) >= 11 is 0. The number of ether oxygens (including phenoxy) is 1. The molecule has 0 amide bonds. The third-order valence-corrected chi connectivity index (χ3v) is 2.79. The van der Waals surface area contributed by atoms with Crippen LogP contribution in [0.25, 0.3) is 0 Å². The first-order valence-electron chi connectivity index (χ1n) is 5.56. The summed E-state index contributed by atoms with van der Waals surface area (Å²) in [7, 11) is 1.48. The molecule has 0 spiro atoms. The lowest BCUT2D eigenvalue weighted by Gasteiger charge is -2.19. The van der Waals surface area contributed by atoms with Crippen LogP contribution < -0.4 is 16.0 Å². The number of nitrogens with zero attached hydrogens (tertiary/aromatic N) is 1. The number of methoxy groups -OCH3 is 1. The lowest BCUT2D eigenvalue weighted by atomic mass is 9.99. The molecule has 0 fully saturated rings. The van der Waals surface area contributed by atoms with Crippen molar-refractivity contribution in [2.45, 2.75) is 6.04 Å². The molecule has 1 unspecified atom stereocenters. The highest BCUT2D eigenvalue weighted by Gasteiger charge is 2.20. The van der Waals surface area contributed by atoms with E-state index in [9.17, 15) is 8.78 Å². The molecule has 0 aliphatic rings. The van der Waals surface area contributed by atoms with Crippen LogP contribution in [-0.2, 0) is 0 Å². The Morgan fingerprint density at radius 2 is 2.05 bits per heavy atom. The smallest absolute Gasteiger partial charge is 0.142 e. The Kier molecular flexibility index (Phi) is 4.03. The average Bonchev–Trinajstić information content (AvgIpc) is 2.42. The monoisotopic (exact) mass is 265 g/mol. The Hall–Kier alpha value is -2.05. The topological polar surface area (TPSA) is 60.2 Å². The van der Waals surface area contributed by atoms with Gasteiger partial charge >= 0.3 is 0 Å². The summed E-state index contributed by atoms with van der Waals surface area (Å²) in [5.74, 6) is 4.63. The number of nitrogens with two attached hydrogens (primary N) is 1. The standard InChI is InChI=1S/C13H13F2N3O/c1-19-12-7-17-5-4-10(12)13(18-16)9-3-2-8(14)6-11(9)15/h2-7,13,18H,16H2,1H3. The van der Waals surface area contributed by atoms with Crippen LogP contribution >= 0.6 is 0 Å². The minimum Gasteiger partial charge on any atom is -0.495 e. The van der Waals surface area contributed by atoms with Gasteiger partial charge in [-0.15, -0.1) is 0 Å². The van der Waals surface area contributed by atoms with Crippen molar-refractivity contribution >= 4 is 0 Å². The highest BCUT2D eigenvalue weighted by atomic mass is 19.1. The highest BCUT2D eigenvalue weighted by Crippen LogP contribution is 2.30. The maximum Gasteiger partial charge on any atom is 0.142 e. The first-order valence-corrected chi connectivity index (χ1v) is 5.56. The van der Waals surface area contributed by atoms with E-state index in [0.717, 1.165) is 6.07 Å². The van der Waals surface area contributed by atoms with Gasteiger partial charge in [0.2, 0.25) is 0 Å². The number of hydrogen-bond donors (Lipinski definition) is 2. The van der Waals surface area contributed by atoms with E-state index in [0.29, 0.717) is 11.3 Å². The first-order chi connectivity index (χ1) is 9.17. The van der Waals surface area contributed by atoms with Gasteiger partial charge in [-0.1, -0.05) is 6.07 Å². The Morgan fingerprint density at radius 1 is 1.26 bits per heavy atom. The number of aromatic nitrogens is 1. The van der Waals surface area contributed by atoms with Crippen molar-refractivity contribution in [3.05, 3.63) is 59.4 Å². The first kappa shape index (κ1) is 13.4. The number of benzene rings is 1. The molecule has 0 aliphatic carbocycles. The van der Waals surface area contributed by atoms with Gasteiger partial charge in [-0.3, -0.25) is 10.8 Å². The quantitative estimate of drug-likeness (QED) is 0.655. The van der Waals surface area contributed by atoms with Gasteiger partial charge in [0.15, 0.2) is 0 Å². The van der Waals surface area contributed by atoms with Crippen LogP contribution in [0.3, 0.4) is 0 Å². The number of hydrogen-bond acceptors (Lipinski definition) is 4. The lowest BCUT2D eigenvalue weighted by Crippen LogP contribution is -2.30. The number of halogens is 2. The molecule has 1 aromatic heterocycles. The second kappa shape index (κ2) is 5.73. The Labute approximate surface area is 109 Å². The van der Waals surface area contributed by atoms with Crippen LogP contribution in [0.4, 0.5) is 8.78 Å². The Morgan fingerprint density at radius 3 is 2.68 bits per heavy atom. The molecule has 3 N–H and O–H groups in total. The van der Waals surface area contributed by atoms with Crippen LogP contribution in [0.5, 0.6) is 5.75 Å². The molecule has 4 nitrogen and oxygen atoms in total. The lowest BCUT2D eigenvalue weighted by molar-refractivity contribution is 0.401. The van der Waals surface area contributed by atoms with Crippen LogP contribution in [-0.4, -0.2) is 12.1 Å². The number of rotatable bonds is 4. The van der Waals surface area contributed by atoms with Crippen LogP contribution in [0.2, 0.25) is 0 Å². The van der Waals surface area contributed by atoms with Crippen molar-refractivity contribution < 1.29 is 13.5 Å². The molecule has 100 valence electrons. The van der Waals surface area contributed by atoms with E-state index in [1.54, 1.807) is 12.3 Å². The zero-order valence-corrected chi connectivity index (χ0v) is 10.2. The van der Waals surface area contributed by atoms with Crippen molar-refractivity contribution in [2.24, 2.45) is 5.84 Å². The van der Waals surface area contributed by atoms with E-state index in [1.165, 1.54) is 25.4 Å². The number of hydrazine groups is 1. The van der Waals surface area contributed by atoms with Gasteiger partial charge in [-0.05, 0) is 12.1 Å². The zero-order valence-electron chi connectivity index (χ0n) is 10.2. The molecule has 1 heterocycles. The Bertz CT molecular complexity index is 578. The van der Waals surface area contributed by atoms with Gasteiger partial charge in [0, 0.05) is 23.4 Å². The minimum absolute atomic E-state index is 0.230. The fraction of sp³-hybridized carbons (Fsp3) is 0.154. The second-order valence-corrected chi connectivity index (χ2v) is 3.88. The van der Waals surface area contributed by atoms with E-state index >= 15 is 0 Å². The summed E-state index contributed by atoms with van der Waals surface area (Å²) in [6, 6.07) is 4.34. The van der Waals surface area contributed by atoms with Gasteiger partial charge in [0.25, 0.3) is 0 Å². The van der Waals surface area contributed by atoms with E-state index in [2.05, 4.69) is 10.4 Å². The molecular weight excluding hydrogens is 252 g/mol. The summed E-state index contributed by atoms with van der Waals surface area (Å²) in [5, 5.41) is 0. The molecule has 1 atom stereocenters. The van der Waals surface area contributed by atoms with Crippen molar-refractivity contribution in [3.63, 3.8) is 0 Å². The van der Waals surface area contributed by atoms with Crippen molar-refractivity contribution in [1.29, 1.82) is 0 Å². The normalized spacial score (nSPS) is 12.2. The summed E-state index contributed by atoms with van der Waals surface area (Å²) in [6.45, 7) is 0. The zero-order chi connectivity index (χ0) is 13.8. The van der Waals surface area contributed by atoms with Crippen LogP contribution in [0.15, 0.2) is 36.7 Å². The van der Waals surface area contributed by atoms with E-state index < -0.39 is 17.7 Å². The van der Waals surface area contributed by atoms with Gasteiger partial charge < -0.3 is 4.74 Å². The van der Waals surface area contributed by atoms with Gasteiger partial charge in [-0.2, -0.15) is 0 Å². The van der Waals surface area contributed by atoms with E-state index in [1.807, 2.05) is 0 Å². The van der Waals surface area contributed by atoms with E-state index in [-0.39, 0.29) is 5.56 Å². The molecule has 19 heavy (non-hydrogen) atoms. The molecule has 6 heteroatoms. The predicted molar refractivity (Wildman–Crippen MR) is 66.3 cm³/mol. The molecule has 1 aromatic carbocycles. The third-order valence-electron chi connectivity index (χ3n) is 2.79. The van der Waals surface area contributed by atoms with Gasteiger partial charge in [0.1, 0.15) is 17.4 Å². The predicted octanol–water partition coefficient (Wildman–Crippen LogP) is 1.92. The molecule has 0 bridgehead atoms. The highest BCUT2D eigenvalue weighted by molar-refractivity contribution is 5.40. The van der Waals surface area contributed by atoms with Crippen LogP contribution in [0, 0.1) is 11.6 Å². The SMILES string of the molecule is COc1cnccc1C(NN)c1ccc(F)cc1F. The van der Waals surface area contributed by atoms with Crippen molar-refractivity contribution in [1.82, 2.24) is 10.4 Å². The van der Waals surface area contributed by atoms with Crippen molar-refractivity contribution in [3.8, 4) is 5.75 Å². The molecule has 0 saturated heterocycles. The maximum absolute atomic E-state index is 13.8. The van der Waals surface area contributed by atoms with E-state index in [4.69, 9.17) is 10.6 Å². The molecular formula is C13H13F2N3O. The third kappa shape index (κ3) is 2.69. The summed E-state index contributed by atoms with van der Waals surface area (Å²) in [5.41, 5.74) is 3.35. The van der Waals surface area contributed by atoms with Gasteiger partial charge in [0.05, 0.1) is 19.3 Å². The molecule has 0 radical (unpaired) electrons. The molecule has 2 aromatic rings. The van der Waals surface area contributed by atoms with Gasteiger partial charge in [-0.25, -0.2) is 14.2 Å². The summed E-state index contributed by atoms with van der Waals surface area (Å²) < 4.78 is 31.9. The molecule has 2 rings (SSSR count). The minimum atomic E-state index is -0.679. The summed E-state index contributed by atoms with van der Waals surface area (Å²) in [4.78, 5) is 3.92. The van der Waals surface area contributed by atoms with Crippen molar-refractivity contribution in [2.75, 3.05) is 7.11 Å². The number of pyridine rings is 1. The number of nitrogens with one attached hydrogen (secondary N) is 1. The molecule has 0 saturated carbocycles. The second-order valence-electron chi connectivity index (χ2n) is 3.88. The fourth-order valence-corrected chi connectivity index (χ4v) is 1.88. The average molecular weight is 265 g/mol. The Balaban J connectivity index is 2.50. The summed E-state index contributed by atoms with van der Waals surface area (Å²) in [6.07, 6.45) is 3.05. The largest absolute Gasteiger partial charge is 0.495 e. The van der Waals surface area contributed by atoms with Crippen LogP contribution in [0.1, 0.15) is 17.2 Å². The molecule has 0 aliphatic heterocycles.